The number of rotatable bonds is 4. The first-order valence-electron chi connectivity index (χ1n) is 11.3. The van der Waals surface area contributed by atoms with Gasteiger partial charge >= 0.3 is 24.3 Å². The monoisotopic (exact) mass is 571 g/mol. The molecule has 3 heterocycles. The molecule has 2 N–H and O–H groups in total. The number of ether oxygens (including phenoxy) is 1. The Morgan fingerprint density at radius 1 is 0.921 bits per heavy atom. The fraction of sp³-hybridized carbons (Fsp3) is 0.522. The molecule has 1 aromatic carbocycles. The van der Waals surface area contributed by atoms with Crippen molar-refractivity contribution in [3.05, 3.63) is 52.5 Å². The first kappa shape index (κ1) is 31.5. The van der Waals surface area contributed by atoms with Crippen molar-refractivity contribution in [2.75, 3.05) is 32.8 Å². The number of halogens is 6. The van der Waals surface area contributed by atoms with E-state index in [2.05, 4.69) is 50.5 Å². The van der Waals surface area contributed by atoms with Crippen LogP contribution in [0.1, 0.15) is 23.4 Å². The van der Waals surface area contributed by atoms with Gasteiger partial charge in [0.1, 0.15) is 5.01 Å². The molecule has 2 aliphatic rings. The third-order valence-corrected chi connectivity index (χ3v) is 6.44. The molecule has 1 aromatic heterocycles. The van der Waals surface area contributed by atoms with Crippen molar-refractivity contribution in [3.63, 3.8) is 0 Å². The molecule has 38 heavy (non-hydrogen) atoms. The molecule has 0 saturated carbocycles. The lowest BCUT2D eigenvalue weighted by molar-refractivity contribution is -0.193. The average molecular weight is 572 g/mol. The fourth-order valence-corrected chi connectivity index (χ4v) is 4.50. The van der Waals surface area contributed by atoms with Crippen molar-refractivity contribution in [2.24, 2.45) is 0 Å². The molecule has 0 aliphatic carbocycles. The van der Waals surface area contributed by atoms with Gasteiger partial charge in [0.15, 0.2) is 0 Å². The Kier molecular flexibility index (Phi) is 11.5. The van der Waals surface area contributed by atoms with Gasteiger partial charge in [-0.25, -0.2) is 14.6 Å². The van der Waals surface area contributed by atoms with Crippen LogP contribution in [0.2, 0.25) is 0 Å². The van der Waals surface area contributed by atoms with Gasteiger partial charge in [-0.15, -0.1) is 11.3 Å². The number of thiazole rings is 1. The Morgan fingerprint density at radius 2 is 1.47 bits per heavy atom. The Hall–Kier alpha value is -2.75. The number of benzene rings is 1. The van der Waals surface area contributed by atoms with Crippen LogP contribution in [-0.2, 0) is 27.4 Å². The maximum Gasteiger partial charge on any atom is 0.490 e. The highest BCUT2D eigenvalue weighted by Gasteiger charge is 2.40. The molecule has 15 heteroatoms. The van der Waals surface area contributed by atoms with Crippen molar-refractivity contribution in [2.45, 2.75) is 43.9 Å². The van der Waals surface area contributed by atoms with Gasteiger partial charge in [-0.3, -0.25) is 9.80 Å². The first-order chi connectivity index (χ1) is 17.7. The third kappa shape index (κ3) is 10.9. The number of piperidine rings is 1. The Bertz CT molecular complexity index is 973. The number of hydrogen-bond donors (Lipinski definition) is 2. The largest absolute Gasteiger partial charge is 0.490 e. The summed E-state index contributed by atoms with van der Waals surface area (Å²) in [6, 6.07) is 10.8. The predicted octanol–water partition coefficient (Wildman–Crippen LogP) is 4.28. The Balaban J connectivity index is 0.000000301. The minimum absolute atomic E-state index is 0.0619. The molecule has 1 spiro atoms. The van der Waals surface area contributed by atoms with Crippen molar-refractivity contribution >= 4 is 23.3 Å². The van der Waals surface area contributed by atoms with E-state index in [1.165, 1.54) is 10.6 Å². The quantitative estimate of drug-likeness (QED) is 0.525. The van der Waals surface area contributed by atoms with Crippen molar-refractivity contribution < 1.29 is 50.9 Å². The summed E-state index contributed by atoms with van der Waals surface area (Å²) >= 11 is 1.75. The standard InChI is InChI=1S/C19H25N3OS.2C2HF3O2/c1-2-4-17(5-3-1)14-22-11-12-23-19(16-22)6-9-21(10-7-19)15-18-20-8-13-24-18;2*3-2(4,5)1(6)7/h1-5,8,13H,6-7,9-12,14-16H2;2*(H,6,7). The summed E-state index contributed by atoms with van der Waals surface area (Å²) in [6.45, 7) is 7.21. The van der Waals surface area contributed by atoms with Crippen LogP contribution >= 0.6 is 11.3 Å². The number of carboxylic acids is 2. The number of morpholine rings is 1. The van der Waals surface area contributed by atoms with Crippen molar-refractivity contribution in [1.29, 1.82) is 0 Å². The number of alkyl halides is 6. The van der Waals surface area contributed by atoms with Crippen LogP contribution in [0.3, 0.4) is 0 Å². The Morgan fingerprint density at radius 3 is 1.95 bits per heavy atom. The van der Waals surface area contributed by atoms with Crippen LogP contribution in [-0.4, -0.2) is 87.7 Å². The van der Waals surface area contributed by atoms with Crippen LogP contribution in [0.25, 0.3) is 0 Å². The summed E-state index contributed by atoms with van der Waals surface area (Å²) in [5.41, 5.74) is 1.46. The summed E-state index contributed by atoms with van der Waals surface area (Å²) in [5.74, 6) is -5.51. The molecule has 2 aliphatic heterocycles. The van der Waals surface area contributed by atoms with E-state index in [1.54, 1.807) is 11.3 Å². The SMILES string of the molecule is O=C(O)C(F)(F)F.O=C(O)C(F)(F)F.c1ccc(CN2CCOC3(CCN(Cc4nccs4)CC3)C2)cc1. The highest BCUT2D eigenvalue weighted by atomic mass is 32.1. The van der Waals surface area contributed by atoms with E-state index in [0.29, 0.717) is 0 Å². The smallest absolute Gasteiger partial charge is 0.475 e. The second-order valence-electron chi connectivity index (χ2n) is 8.54. The van der Waals surface area contributed by atoms with Crippen LogP contribution in [0.15, 0.2) is 41.9 Å². The zero-order valence-corrected chi connectivity index (χ0v) is 20.9. The van der Waals surface area contributed by atoms with E-state index < -0.39 is 24.3 Å². The number of hydrogen-bond acceptors (Lipinski definition) is 7. The van der Waals surface area contributed by atoms with Crippen LogP contribution in [0.5, 0.6) is 0 Å². The van der Waals surface area contributed by atoms with E-state index in [-0.39, 0.29) is 5.60 Å². The van der Waals surface area contributed by atoms with Gasteiger partial charge in [0.25, 0.3) is 0 Å². The van der Waals surface area contributed by atoms with Crippen LogP contribution < -0.4 is 0 Å². The number of nitrogens with zero attached hydrogens (tertiary/aromatic N) is 3. The van der Waals surface area contributed by atoms with Gasteiger partial charge in [-0.05, 0) is 18.4 Å². The maximum absolute atomic E-state index is 10.6. The van der Waals surface area contributed by atoms with E-state index in [4.69, 9.17) is 24.5 Å². The Labute approximate surface area is 218 Å². The van der Waals surface area contributed by atoms with Gasteiger partial charge in [0, 0.05) is 44.3 Å². The van der Waals surface area contributed by atoms with Gasteiger partial charge in [-0.1, -0.05) is 30.3 Å². The zero-order valence-electron chi connectivity index (χ0n) is 20.0. The molecule has 4 rings (SSSR count). The van der Waals surface area contributed by atoms with Gasteiger partial charge < -0.3 is 14.9 Å². The molecule has 2 saturated heterocycles. The van der Waals surface area contributed by atoms with E-state index >= 15 is 0 Å². The lowest BCUT2D eigenvalue weighted by Crippen LogP contribution is -2.56. The van der Waals surface area contributed by atoms with Gasteiger partial charge in [-0.2, -0.15) is 26.3 Å². The number of carboxylic acid groups (broad SMARTS) is 2. The van der Waals surface area contributed by atoms with Crippen LogP contribution in [0.4, 0.5) is 26.3 Å². The lowest BCUT2D eigenvalue weighted by atomic mass is 9.89. The number of likely N-dealkylation sites (tertiary alicyclic amines) is 1. The summed E-state index contributed by atoms with van der Waals surface area (Å²) in [7, 11) is 0. The third-order valence-electron chi connectivity index (χ3n) is 5.67. The molecule has 0 bridgehead atoms. The van der Waals surface area contributed by atoms with Crippen molar-refractivity contribution in [1.82, 2.24) is 14.8 Å². The summed E-state index contributed by atoms with van der Waals surface area (Å²) in [6.07, 6.45) is -6.01. The molecule has 0 atom stereocenters. The molecule has 0 unspecified atom stereocenters. The number of carbonyl (C=O) groups is 2. The topological polar surface area (TPSA) is 103 Å². The molecule has 2 fully saturated rings. The summed E-state index contributed by atoms with van der Waals surface area (Å²) in [4.78, 5) is 27.3. The molecular formula is C23H27F6N3O5S. The zero-order chi connectivity index (χ0) is 28.4. The first-order valence-corrected chi connectivity index (χ1v) is 12.2. The minimum atomic E-state index is -5.08. The van der Waals surface area contributed by atoms with E-state index in [9.17, 15) is 26.3 Å². The minimum Gasteiger partial charge on any atom is -0.475 e. The molecule has 212 valence electrons. The normalized spacial score (nSPS) is 18.1. The number of aliphatic carboxylic acids is 2. The van der Waals surface area contributed by atoms with E-state index in [0.717, 1.165) is 58.7 Å². The average Bonchev–Trinajstić information content (AvgIpc) is 3.34. The molecule has 0 radical (unpaired) electrons. The van der Waals surface area contributed by atoms with Crippen molar-refractivity contribution in [3.8, 4) is 0 Å². The second-order valence-corrected chi connectivity index (χ2v) is 9.51. The second kappa shape index (κ2) is 13.9. The molecule has 2 aromatic rings. The predicted molar refractivity (Wildman–Crippen MR) is 124 cm³/mol. The fourth-order valence-electron chi connectivity index (χ4n) is 3.84. The highest BCUT2D eigenvalue weighted by Crippen LogP contribution is 2.31. The van der Waals surface area contributed by atoms with Gasteiger partial charge in [0.2, 0.25) is 0 Å². The summed E-state index contributed by atoms with van der Waals surface area (Å²) in [5, 5.41) is 17.5. The van der Waals surface area contributed by atoms with Gasteiger partial charge in [0.05, 0.1) is 18.8 Å². The number of aromatic nitrogens is 1. The molecule has 0 amide bonds. The summed E-state index contributed by atoms with van der Waals surface area (Å²) < 4.78 is 69.7. The van der Waals surface area contributed by atoms with E-state index in [1.807, 2.05) is 6.20 Å². The van der Waals surface area contributed by atoms with Crippen LogP contribution in [0, 0.1) is 0 Å². The molecule has 8 nitrogen and oxygen atoms in total. The lowest BCUT2D eigenvalue weighted by Gasteiger charge is -2.47. The maximum atomic E-state index is 10.6. The highest BCUT2D eigenvalue weighted by molar-refractivity contribution is 7.09. The molecular weight excluding hydrogens is 544 g/mol.